The van der Waals surface area contributed by atoms with E-state index in [0.717, 1.165) is 50.1 Å². The number of rotatable bonds is 4. The Morgan fingerprint density at radius 3 is 2.78 bits per heavy atom. The van der Waals surface area contributed by atoms with Crippen LogP contribution in [0.15, 0.2) is 40.3 Å². The number of hydrogen-bond donors (Lipinski definition) is 0. The van der Waals surface area contributed by atoms with Crippen LogP contribution in [0.3, 0.4) is 0 Å². The summed E-state index contributed by atoms with van der Waals surface area (Å²) in [7, 11) is 1.96. The Hall–Kier alpha value is -2.32. The van der Waals surface area contributed by atoms with E-state index in [-0.39, 0.29) is 5.82 Å². The Labute approximate surface area is 168 Å². The second-order valence-corrected chi connectivity index (χ2v) is 7.84. The molecule has 0 atom stereocenters. The van der Waals surface area contributed by atoms with Gasteiger partial charge in [0, 0.05) is 18.0 Å². The molecule has 0 saturated carbocycles. The molecule has 0 unspecified atom stereocenters. The van der Waals surface area contributed by atoms with Gasteiger partial charge >= 0.3 is 0 Å². The van der Waals surface area contributed by atoms with E-state index in [1.54, 1.807) is 6.07 Å². The van der Waals surface area contributed by atoms with Gasteiger partial charge in [-0.25, -0.2) is 14.4 Å². The molecule has 0 N–H and O–H groups in total. The molecule has 0 aliphatic rings. The highest BCUT2D eigenvalue weighted by Crippen LogP contribution is 2.34. The van der Waals surface area contributed by atoms with Crippen molar-refractivity contribution >= 4 is 43.9 Å². The van der Waals surface area contributed by atoms with E-state index in [2.05, 4.69) is 32.9 Å². The predicted molar refractivity (Wildman–Crippen MR) is 110 cm³/mol. The molecule has 0 bridgehead atoms. The van der Waals surface area contributed by atoms with Crippen LogP contribution >= 0.6 is 27.3 Å². The summed E-state index contributed by atoms with van der Waals surface area (Å²) >= 11 is 4.97. The number of anilines is 2. The van der Waals surface area contributed by atoms with E-state index < -0.39 is 0 Å². The second-order valence-electron chi connectivity index (χ2n) is 6.20. The first-order valence-electron chi connectivity index (χ1n) is 8.48. The van der Waals surface area contributed by atoms with E-state index in [1.807, 2.05) is 40.9 Å². The third kappa shape index (κ3) is 3.23. The maximum absolute atomic E-state index is 13.4. The molecule has 8 heteroatoms. The van der Waals surface area contributed by atoms with Crippen LogP contribution in [0, 0.1) is 12.7 Å². The predicted octanol–water partition coefficient (Wildman–Crippen LogP) is 5.39. The summed E-state index contributed by atoms with van der Waals surface area (Å²) in [5.41, 5.74) is 4.38. The molecule has 4 aromatic rings. The van der Waals surface area contributed by atoms with Crippen molar-refractivity contribution in [3.63, 3.8) is 0 Å². The van der Waals surface area contributed by atoms with E-state index >= 15 is 0 Å². The molecular formula is C19H17BrFN5S. The lowest BCUT2D eigenvalue weighted by Crippen LogP contribution is -2.14. The maximum Gasteiger partial charge on any atom is 0.191 e. The van der Waals surface area contributed by atoms with Crippen LogP contribution in [-0.4, -0.2) is 26.6 Å². The van der Waals surface area contributed by atoms with Crippen molar-refractivity contribution in [2.75, 3.05) is 11.9 Å². The smallest absolute Gasteiger partial charge is 0.191 e. The topological polar surface area (TPSA) is 46.3 Å². The van der Waals surface area contributed by atoms with Crippen molar-refractivity contribution < 1.29 is 4.39 Å². The average molecular weight is 446 g/mol. The fourth-order valence-corrected chi connectivity index (χ4v) is 4.15. The van der Waals surface area contributed by atoms with E-state index in [4.69, 9.17) is 4.98 Å². The molecule has 0 amide bonds. The largest absolute Gasteiger partial charge is 0.304 e. The Kier molecular flexibility index (Phi) is 4.69. The highest BCUT2D eigenvalue weighted by Gasteiger charge is 2.20. The monoisotopic (exact) mass is 445 g/mol. The van der Waals surface area contributed by atoms with Crippen LogP contribution < -0.4 is 4.90 Å². The van der Waals surface area contributed by atoms with Gasteiger partial charge < -0.3 is 4.90 Å². The minimum atomic E-state index is -0.237. The van der Waals surface area contributed by atoms with Crippen LogP contribution in [-0.2, 0) is 6.42 Å². The molecule has 3 heterocycles. The van der Waals surface area contributed by atoms with Crippen molar-refractivity contribution in [1.29, 1.82) is 0 Å². The molecule has 1 aromatic carbocycles. The fourth-order valence-electron chi connectivity index (χ4n) is 3.06. The molecule has 138 valence electrons. The van der Waals surface area contributed by atoms with Gasteiger partial charge in [0.25, 0.3) is 0 Å². The quantitative estimate of drug-likeness (QED) is 0.422. The van der Waals surface area contributed by atoms with Gasteiger partial charge in [-0.2, -0.15) is 9.61 Å². The molecular weight excluding hydrogens is 429 g/mol. The van der Waals surface area contributed by atoms with E-state index in [1.165, 1.54) is 23.5 Å². The van der Waals surface area contributed by atoms with Gasteiger partial charge in [0.1, 0.15) is 10.4 Å². The summed E-state index contributed by atoms with van der Waals surface area (Å²) in [4.78, 5) is 11.5. The molecule has 0 fully saturated rings. The van der Waals surface area contributed by atoms with Crippen LogP contribution in [0.1, 0.15) is 18.2 Å². The molecule has 0 spiro atoms. The lowest BCUT2D eigenvalue weighted by atomic mass is 10.1. The third-order valence-corrected chi connectivity index (χ3v) is 5.73. The Morgan fingerprint density at radius 1 is 1.22 bits per heavy atom. The van der Waals surface area contributed by atoms with Gasteiger partial charge in [-0.15, -0.1) is 11.3 Å². The zero-order valence-corrected chi connectivity index (χ0v) is 17.5. The summed E-state index contributed by atoms with van der Waals surface area (Å²) in [5.74, 6) is 0.657. The zero-order chi connectivity index (χ0) is 19.1. The van der Waals surface area contributed by atoms with Gasteiger partial charge in [0.15, 0.2) is 16.6 Å². The number of benzene rings is 1. The lowest BCUT2D eigenvalue weighted by molar-refractivity contribution is 0.627. The number of aryl methyl sites for hydroxylation is 2. The maximum atomic E-state index is 13.4. The SMILES string of the molecule is CCc1nc2ccc(Br)nn2c1N(C)c1nc(-c2ccc(F)cc2C)cs1. The number of thiazole rings is 1. The number of halogens is 2. The minimum Gasteiger partial charge on any atom is -0.304 e. The number of hydrogen-bond acceptors (Lipinski definition) is 5. The van der Waals surface area contributed by atoms with Crippen LogP contribution in [0.4, 0.5) is 15.3 Å². The van der Waals surface area contributed by atoms with Gasteiger partial charge in [-0.05, 0) is 65.2 Å². The van der Waals surface area contributed by atoms with Crippen molar-refractivity contribution in [3.05, 3.63) is 57.4 Å². The summed E-state index contributed by atoms with van der Waals surface area (Å²) in [6.45, 7) is 3.96. The van der Waals surface area contributed by atoms with Crippen molar-refractivity contribution in [2.24, 2.45) is 0 Å². The van der Waals surface area contributed by atoms with Crippen molar-refractivity contribution in [1.82, 2.24) is 19.6 Å². The Balaban J connectivity index is 1.78. The summed E-state index contributed by atoms with van der Waals surface area (Å²) in [6.07, 6.45) is 0.788. The van der Waals surface area contributed by atoms with Gasteiger partial charge in [0.2, 0.25) is 0 Å². The first kappa shape index (κ1) is 18.1. The summed E-state index contributed by atoms with van der Waals surface area (Å²) < 4.78 is 16.0. The number of aromatic nitrogens is 4. The van der Waals surface area contributed by atoms with Crippen LogP contribution in [0.5, 0.6) is 0 Å². The number of fused-ring (bicyclic) bond motifs is 1. The minimum absolute atomic E-state index is 0.237. The number of nitrogens with zero attached hydrogens (tertiary/aromatic N) is 5. The van der Waals surface area contributed by atoms with Gasteiger partial charge in [0.05, 0.1) is 11.4 Å². The summed E-state index contributed by atoms with van der Waals surface area (Å²) in [6, 6.07) is 8.58. The molecule has 3 aromatic heterocycles. The fraction of sp³-hybridized carbons (Fsp3) is 0.211. The highest BCUT2D eigenvalue weighted by molar-refractivity contribution is 9.10. The lowest BCUT2D eigenvalue weighted by Gasteiger charge is -2.16. The Morgan fingerprint density at radius 2 is 2.04 bits per heavy atom. The number of imidazole rings is 1. The molecule has 0 aliphatic carbocycles. The van der Waals surface area contributed by atoms with Crippen molar-refractivity contribution in [3.8, 4) is 11.3 Å². The molecule has 0 saturated heterocycles. The third-order valence-electron chi connectivity index (χ3n) is 4.39. The van der Waals surface area contributed by atoms with Crippen LogP contribution in [0.2, 0.25) is 0 Å². The van der Waals surface area contributed by atoms with Crippen LogP contribution in [0.25, 0.3) is 16.9 Å². The Bertz CT molecular complexity index is 1140. The first-order chi connectivity index (χ1) is 13.0. The molecule has 0 radical (unpaired) electrons. The summed E-state index contributed by atoms with van der Waals surface area (Å²) in [5, 5.41) is 7.36. The molecule has 27 heavy (non-hydrogen) atoms. The first-order valence-corrected chi connectivity index (χ1v) is 10.1. The zero-order valence-electron chi connectivity index (χ0n) is 15.1. The van der Waals surface area contributed by atoms with Crippen molar-refractivity contribution in [2.45, 2.75) is 20.3 Å². The average Bonchev–Trinajstić information content (AvgIpc) is 3.25. The molecule has 5 nitrogen and oxygen atoms in total. The molecule has 4 rings (SSSR count). The van der Waals surface area contributed by atoms with Gasteiger partial charge in [-0.3, -0.25) is 0 Å². The van der Waals surface area contributed by atoms with E-state index in [0.29, 0.717) is 0 Å². The highest BCUT2D eigenvalue weighted by atomic mass is 79.9. The second kappa shape index (κ2) is 7.01. The normalized spacial score (nSPS) is 11.3. The van der Waals surface area contributed by atoms with E-state index in [9.17, 15) is 4.39 Å². The standard InChI is InChI=1S/C19H17BrFN5S/c1-4-14-18(26-17(22-14)8-7-16(20)24-26)25(3)19-23-15(10-27-19)13-6-5-12(21)9-11(13)2/h5-10H,4H2,1-3H3. The van der Waals surface area contributed by atoms with Gasteiger partial charge in [-0.1, -0.05) is 6.92 Å². The molecule has 0 aliphatic heterocycles.